The van der Waals surface area contributed by atoms with Gasteiger partial charge in [-0.2, -0.15) is 0 Å². The highest BCUT2D eigenvalue weighted by Gasteiger charge is 2.33. The molecule has 0 unspecified atom stereocenters. The average molecular weight is 288 g/mol. The molecular formula is C13H15ClFNO3. The fourth-order valence-corrected chi connectivity index (χ4v) is 1.71. The van der Waals surface area contributed by atoms with Crippen molar-refractivity contribution in [1.29, 1.82) is 0 Å². The van der Waals surface area contributed by atoms with Gasteiger partial charge in [-0.1, -0.05) is 38.4 Å². The van der Waals surface area contributed by atoms with E-state index in [0.717, 1.165) is 0 Å². The number of carboxylic acid groups (broad SMARTS) is 1. The van der Waals surface area contributed by atoms with Crippen LogP contribution in [0.3, 0.4) is 0 Å². The molecule has 0 radical (unpaired) electrons. The average Bonchev–Trinajstić information content (AvgIpc) is 2.27. The van der Waals surface area contributed by atoms with Gasteiger partial charge < -0.3 is 10.4 Å². The van der Waals surface area contributed by atoms with Crippen LogP contribution in [0.4, 0.5) is 4.39 Å². The van der Waals surface area contributed by atoms with Crippen LogP contribution in [0.15, 0.2) is 18.2 Å². The Bertz CT molecular complexity index is 511. The van der Waals surface area contributed by atoms with Crippen molar-refractivity contribution in [2.75, 3.05) is 0 Å². The van der Waals surface area contributed by atoms with Crippen LogP contribution < -0.4 is 5.32 Å². The maximum atomic E-state index is 13.7. The molecule has 0 aliphatic carbocycles. The van der Waals surface area contributed by atoms with Crippen molar-refractivity contribution in [3.63, 3.8) is 0 Å². The first-order chi connectivity index (χ1) is 8.64. The molecule has 6 heteroatoms. The Balaban J connectivity index is 3.02. The number of carboxylic acids is 1. The number of carbonyl (C=O) groups is 2. The number of amides is 1. The highest BCUT2D eigenvalue weighted by Crippen LogP contribution is 2.22. The van der Waals surface area contributed by atoms with Gasteiger partial charge in [-0.25, -0.2) is 9.18 Å². The zero-order valence-corrected chi connectivity index (χ0v) is 11.6. The molecule has 19 heavy (non-hydrogen) atoms. The Morgan fingerprint density at radius 1 is 1.37 bits per heavy atom. The summed E-state index contributed by atoms with van der Waals surface area (Å²) in [6.45, 7) is 5.00. The van der Waals surface area contributed by atoms with Gasteiger partial charge in [0.1, 0.15) is 6.04 Å². The van der Waals surface area contributed by atoms with Gasteiger partial charge in [0, 0.05) is 0 Å². The number of nitrogens with one attached hydrogen (secondary N) is 1. The lowest BCUT2D eigenvalue weighted by Crippen LogP contribution is -2.49. The van der Waals surface area contributed by atoms with Gasteiger partial charge in [-0.3, -0.25) is 4.79 Å². The third-order valence-electron chi connectivity index (χ3n) is 2.58. The van der Waals surface area contributed by atoms with Crippen molar-refractivity contribution in [2.24, 2.45) is 5.41 Å². The fraction of sp³-hybridized carbons (Fsp3) is 0.385. The lowest BCUT2D eigenvalue weighted by Gasteiger charge is -2.27. The standard InChI is InChI=1S/C13H15ClFNO3/c1-13(2,3)10(12(18)19)16-11(17)7-5-4-6-8(14)9(7)15/h4-6,10H,1-3H3,(H,16,17)(H,18,19)/t10-/m1/s1. The summed E-state index contributed by atoms with van der Waals surface area (Å²) < 4.78 is 13.7. The van der Waals surface area contributed by atoms with Gasteiger partial charge in [0.15, 0.2) is 5.82 Å². The van der Waals surface area contributed by atoms with E-state index in [-0.39, 0.29) is 10.6 Å². The third kappa shape index (κ3) is 3.67. The highest BCUT2D eigenvalue weighted by molar-refractivity contribution is 6.31. The predicted octanol–water partition coefficient (Wildman–Crippen LogP) is 2.71. The van der Waals surface area contributed by atoms with Crippen LogP contribution in [0.2, 0.25) is 5.02 Å². The summed E-state index contributed by atoms with van der Waals surface area (Å²) in [5.74, 6) is -2.84. The quantitative estimate of drug-likeness (QED) is 0.898. The van der Waals surface area contributed by atoms with Crippen molar-refractivity contribution in [3.05, 3.63) is 34.6 Å². The van der Waals surface area contributed by atoms with Gasteiger partial charge in [-0.15, -0.1) is 0 Å². The van der Waals surface area contributed by atoms with E-state index in [1.165, 1.54) is 18.2 Å². The van der Waals surface area contributed by atoms with E-state index in [1.807, 2.05) is 0 Å². The van der Waals surface area contributed by atoms with Crippen LogP contribution >= 0.6 is 11.6 Å². The molecule has 2 N–H and O–H groups in total. The van der Waals surface area contributed by atoms with Gasteiger partial charge in [0.05, 0.1) is 10.6 Å². The number of benzene rings is 1. The Hall–Kier alpha value is -1.62. The molecule has 0 spiro atoms. The minimum Gasteiger partial charge on any atom is -0.480 e. The second-order valence-corrected chi connectivity index (χ2v) is 5.62. The third-order valence-corrected chi connectivity index (χ3v) is 2.88. The van der Waals surface area contributed by atoms with Crippen LogP contribution in [-0.4, -0.2) is 23.0 Å². The molecule has 0 saturated heterocycles. The van der Waals surface area contributed by atoms with E-state index >= 15 is 0 Å². The Morgan fingerprint density at radius 3 is 2.42 bits per heavy atom. The van der Waals surface area contributed by atoms with Crippen molar-refractivity contribution < 1.29 is 19.1 Å². The second-order valence-electron chi connectivity index (χ2n) is 5.21. The Kier molecular flexibility index (Phi) is 4.52. The van der Waals surface area contributed by atoms with Crippen LogP contribution in [0.5, 0.6) is 0 Å². The summed E-state index contributed by atoms with van der Waals surface area (Å²) in [5, 5.41) is 11.2. The summed E-state index contributed by atoms with van der Waals surface area (Å²) >= 11 is 5.58. The van der Waals surface area contributed by atoms with Crippen LogP contribution in [0.1, 0.15) is 31.1 Å². The molecule has 4 nitrogen and oxygen atoms in total. The highest BCUT2D eigenvalue weighted by atomic mass is 35.5. The molecule has 0 aliphatic heterocycles. The SMILES string of the molecule is CC(C)(C)[C@H](NC(=O)c1cccc(Cl)c1F)C(=O)O. The van der Waals surface area contributed by atoms with E-state index in [9.17, 15) is 14.0 Å². The van der Waals surface area contributed by atoms with Crippen molar-refractivity contribution in [2.45, 2.75) is 26.8 Å². The number of halogens is 2. The summed E-state index contributed by atoms with van der Waals surface area (Å²) in [6, 6.07) is 2.86. The van der Waals surface area contributed by atoms with E-state index in [2.05, 4.69) is 5.32 Å². The first-order valence-corrected chi connectivity index (χ1v) is 6.00. The molecule has 0 bridgehead atoms. The molecular weight excluding hydrogens is 273 g/mol. The normalized spacial score (nSPS) is 12.9. The topological polar surface area (TPSA) is 66.4 Å². The Morgan fingerprint density at radius 2 is 1.95 bits per heavy atom. The maximum Gasteiger partial charge on any atom is 0.326 e. The minimum atomic E-state index is -1.18. The molecule has 0 saturated carbocycles. The molecule has 1 amide bonds. The zero-order chi connectivity index (χ0) is 14.8. The largest absolute Gasteiger partial charge is 0.480 e. The lowest BCUT2D eigenvalue weighted by atomic mass is 9.86. The number of rotatable bonds is 3. The lowest BCUT2D eigenvalue weighted by molar-refractivity contribution is -0.142. The summed E-state index contributed by atoms with van der Waals surface area (Å²) in [6.07, 6.45) is 0. The predicted molar refractivity (Wildman–Crippen MR) is 69.8 cm³/mol. The fourth-order valence-electron chi connectivity index (χ4n) is 1.54. The van der Waals surface area contributed by atoms with E-state index in [0.29, 0.717) is 0 Å². The first-order valence-electron chi connectivity index (χ1n) is 5.62. The first kappa shape index (κ1) is 15.4. The van der Waals surface area contributed by atoms with Crippen LogP contribution in [0.25, 0.3) is 0 Å². The summed E-state index contributed by atoms with van der Waals surface area (Å²) in [5.41, 5.74) is -0.973. The van der Waals surface area contributed by atoms with Crippen LogP contribution in [0, 0.1) is 11.2 Å². The van der Waals surface area contributed by atoms with Crippen LogP contribution in [-0.2, 0) is 4.79 Å². The number of hydrogen-bond acceptors (Lipinski definition) is 2. The molecule has 1 atom stereocenters. The van der Waals surface area contributed by atoms with E-state index in [1.54, 1.807) is 20.8 Å². The molecule has 104 valence electrons. The maximum absolute atomic E-state index is 13.7. The van der Waals surface area contributed by atoms with Gasteiger partial charge in [-0.05, 0) is 17.5 Å². The van der Waals surface area contributed by atoms with Gasteiger partial charge >= 0.3 is 5.97 Å². The summed E-state index contributed by atoms with van der Waals surface area (Å²) in [7, 11) is 0. The molecule has 1 aromatic carbocycles. The van der Waals surface area contributed by atoms with Crippen molar-refractivity contribution in [1.82, 2.24) is 5.32 Å². The van der Waals surface area contributed by atoms with Crippen molar-refractivity contribution in [3.8, 4) is 0 Å². The molecule has 0 fully saturated rings. The molecule has 0 heterocycles. The number of carbonyl (C=O) groups excluding carboxylic acids is 1. The van der Waals surface area contributed by atoms with E-state index in [4.69, 9.17) is 16.7 Å². The van der Waals surface area contributed by atoms with E-state index < -0.39 is 29.2 Å². The number of hydrogen-bond donors (Lipinski definition) is 2. The molecule has 1 aromatic rings. The Labute approximate surface area is 115 Å². The molecule has 0 aliphatic rings. The molecule has 1 rings (SSSR count). The second kappa shape index (κ2) is 5.57. The van der Waals surface area contributed by atoms with Gasteiger partial charge in [0.25, 0.3) is 5.91 Å². The monoisotopic (exact) mass is 287 g/mol. The molecule has 0 aromatic heterocycles. The smallest absolute Gasteiger partial charge is 0.326 e. The zero-order valence-electron chi connectivity index (χ0n) is 10.8. The summed E-state index contributed by atoms with van der Waals surface area (Å²) in [4.78, 5) is 23.0. The minimum absolute atomic E-state index is 0.185. The van der Waals surface area contributed by atoms with Gasteiger partial charge in [0.2, 0.25) is 0 Å². The van der Waals surface area contributed by atoms with Crippen molar-refractivity contribution >= 4 is 23.5 Å². The number of aliphatic carboxylic acids is 1.